The molecule has 0 radical (unpaired) electrons. The second-order valence-electron chi connectivity index (χ2n) is 7.78. The third-order valence-electron chi connectivity index (χ3n) is 5.92. The van der Waals surface area contributed by atoms with Crippen molar-refractivity contribution in [1.82, 2.24) is 0 Å². The molecule has 0 bridgehead atoms. The molecular formula is C15H28O2. The van der Waals surface area contributed by atoms with Crippen LogP contribution < -0.4 is 0 Å². The van der Waals surface area contributed by atoms with Crippen molar-refractivity contribution in [2.45, 2.75) is 72.0 Å². The Hall–Kier alpha value is -0.0800. The van der Waals surface area contributed by atoms with Crippen LogP contribution in [-0.4, -0.2) is 21.9 Å². The van der Waals surface area contributed by atoms with Gasteiger partial charge < -0.3 is 10.2 Å². The summed E-state index contributed by atoms with van der Waals surface area (Å²) < 4.78 is 0. The van der Waals surface area contributed by atoms with Crippen LogP contribution >= 0.6 is 0 Å². The van der Waals surface area contributed by atoms with Crippen molar-refractivity contribution in [2.75, 3.05) is 0 Å². The number of hydrogen-bond acceptors (Lipinski definition) is 2. The quantitative estimate of drug-likeness (QED) is 0.683. The molecule has 0 spiro atoms. The fourth-order valence-corrected chi connectivity index (χ4v) is 4.85. The number of hydrogen-bond donors (Lipinski definition) is 2. The normalized spacial score (nSPS) is 54.2. The molecule has 4 unspecified atom stereocenters. The molecule has 2 aliphatic carbocycles. The van der Waals surface area contributed by atoms with Crippen LogP contribution in [0.5, 0.6) is 0 Å². The monoisotopic (exact) mass is 240 g/mol. The molecule has 0 aromatic carbocycles. The molecule has 2 fully saturated rings. The molecule has 2 heteroatoms. The fourth-order valence-electron chi connectivity index (χ4n) is 4.85. The van der Waals surface area contributed by atoms with Gasteiger partial charge in [0.05, 0.1) is 11.7 Å². The largest absolute Gasteiger partial charge is 0.390 e. The summed E-state index contributed by atoms with van der Waals surface area (Å²) in [7, 11) is 0. The lowest BCUT2D eigenvalue weighted by molar-refractivity contribution is -0.0847. The van der Waals surface area contributed by atoms with Gasteiger partial charge in [-0.2, -0.15) is 0 Å². The Bertz CT molecular complexity index is 308. The molecule has 5 atom stereocenters. The zero-order chi connectivity index (χ0) is 13.1. The zero-order valence-corrected chi connectivity index (χ0v) is 12.0. The zero-order valence-electron chi connectivity index (χ0n) is 12.0. The first-order valence-corrected chi connectivity index (χ1v) is 7.00. The van der Waals surface area contributed by atoms with Crippen LogP contribution in [0.25, 0.3) is 0 Å². The lowest BCUT2D eigenvalue weighted by Gasteiger charge is -2.42. The number of fused-ring (bicyclic) bond motifs is 1. The maximum absolute atomic E-state index is 10.5. The van der Waals surface area contributed by atoms with Crippen molar-refractivity contribution in [3.63, 3.8) is 0 Å². The molecule has 0 aromatic heterocycles. The smallest absolute Gasteiger partial charge is 0.0882 e. The molecule has 0 heterocycles. The lowest BCUT2D eigenvalue weighted by Crippen LogP contribution is -2.41. The number of rotatable bonds is 0. The van der Waals surface area contributed by atoms with E-state index in [-0.39, 0.29) is 10.8 Å². The predicted molar refractivity (Wildman–Crippen MR) is 69.6 cm³/mol. The average Bonchev–Trinajstić information content (AvgIpc) is 2.38. The molecule has 0 aliphatic heterocycles. The second kappa shape index (κ2) is 3.71. The van der Waals surface area contributed by atoms with E-state index in [0.717, 1.165) is 6.42 Å². The summed E-state index contributed by atoms with van der Waals surface area (Å²) in [4.78, 5) is 0. The first-order valence-electron chi connectivity index (χ1n) is 7.00. The van der Waals surface area contributed by atoms with E-state index < -0.39 is 11.7 Å². The summed E-state index contributed by atoms with van der Waals surface area (Å²) in [5.74, 6) is 1.27. The highest BCUT2D eigenvalue weighted by Crippen LogP contribution is 2.61. The maximum Gasteiger partial charge on any atom is 0.0882 e. The van der Waals surface area contributed by atoms with Crippen LogP contribution in [0.3, 0.4) is 0 Å². The van der Waals surface area contributed by atoms with Gasteiger partial charge in [0.1, 0.15) is 0 Å². The highest BCUT2D eigenvalue weighted by molar-refractivity contribution is 5.07. The van der Waals surface area contributed by atoms with E-state index in [0.29, 0.717) is 18.3 Å². The molecule has 17 heavy (non-hydrogen) atoms. The first kappa shape index (κ1) is 13.4. The Balaban J connectivity index is 2.42. The van der Waals surface area contributed by atoms with Gasteiger partial charge in [0.25, 0.3) is 0 Å². The van der Waals surface area contributed by atoms with Crippen molar-refractivity contribution in [1.29, 1.82) is 0 Å². The lowest BCUT2D eigenvalue weighted by atomic mass is 9.62. The van der Waals surface area contributed by atoms with Gasteiger partial charge >= 0.3 is 0 Å². The van der Waals surface area contributed by atoms with Crippen LogP contribution in [-0.2, 0) is 0 Å². The van der Waals surface area contributed by atoms with Gasteiger partial charge in [-0.25, -0.2) is 0 Å². The van der Waals surface area contributed by atoms with Crippen molar-refractivity contribution in [3.8, 4) is 0 Å². The van der Waals surface area contributed by atoms with Crippen molar-refractivity contribution in [2.24, 2.45) is 22.7 Å². The Labute approximate surface area is 105 Å². The molecule has 100 valence electrons. The molecule has 2 N–H and O–H groups in total. The minimum atomic E-state index is -0.934. The Morgan fingerprint density at radius 3 is 2.24 bits per heavy atom. The minimum absolute atomic E-state index is 0.112. The molecule has 2 saturated carbocycles. The Kier molecular flexibility index (Phi) is 2.91. The minimum Gasteiger partial charge on any atom is -0.390 e. The third kappa shape index (κ3) is 1.94. The number of aliphatic hydroxyl groups excluding tert-OH is 1. The summed E-state index contributed by atoms with van der Waals surface area (Å²) in [5, 5.41) is 20.8. The van der Waals surface area contributed by atoms with Crippen LogP contribution in [0, 0.1) is 22.7 Å². The molecule has 0 amide bonds. The highest BCUT2D eigenvalue weighted by Gasteiger charge is 2.57. The first-order chi connectivity index (χ1) is 7.59. The summed E-state index contributed by atoms with van der Waals surface area (Å²) in [5.41, 5.74) is -0.638. The standard InChI is InChI=1S/C15H28O2/c1-10-6-7-11-13(2,3)9-15(5,17)12(16)8-14(10,11)4/h10-12,16-17H,6-9H2,1-5H3/t10?,11?,12?,14-,15?/m1/s1. The van der Waals surface area contributed by atoms with Crippen molar-refractivity contribution < 1.29 is 10.2 Å². The van der Waals surface area contributed by atoms with Crippen molar-refractivity contribution >= 4 is 0 Å². The van der Waals surface area contributed by atoms with E-state index in [1.165, 1.54) is 12.8 Å². The van der Waals surface area contributed by atoms with Crippen molar-refractivity contribution in [3.05, 3.63) is 0 Å². The Morgan fingerprint density at radius 1 is 1.06 bits per heavy atom. The summed E-state index contributed by atoms with van der Waals surface area (Å²) in [6.45, 7) is 11.0. The van der Waals surface area contributed by atoms with Gasteiger partial charge in [0, 0.05) is 0 Å². The van der Waals surface area contributed by atoms with E-state index in [1.54, 1.807) is 6.92 Å². The van der Waals surface area contributed by atoms with Gasteiger partial charge in [-0.15, -0.1) is 0 Å². The molecule has 2 rings (SSSR count). The SMILES string of the molecule is CC1CCC2C(C)(C)CC(C)(O)C(O)C[C@]12C. The molecular weight excluding hydrogens is 212 g/mol. The topological polar surface area (TPSA) is 40.5 Å². The maximum atomic E-state index is 10.5. The van der Waals surface area contributed by atoms with Crippen LogP contribution in [0.2, 0.25) is 0 Å². The highest BCUT2D eigenvalue weighted by atomic mass is 16.3. The summed E-state index contributed by atoms with van der Waals surface area (Å²) in [6, 6.07) is 0. The van der Waals surface area contributed by atoms with Gasteiger partial charge in [0.15, 0.2) is 0 Å². The second-order valence-corrected chi connectivity index (χ2v) is 7.78. The molecule has 2 aliphatic rings. The predicted octanol–water partition coefficient (Wildman–Crippen LogP) is 2.97. The average molecular weight is 240 g/mol. The van der Waals surface area contributed by atoms with E-state index in [2.05, 4.69) is 27.7 Å². The van der Waals surface area contributed by atoms with Crippen LogP contribution in [0.4, 0.5) is 0 Å². The Morgan fingerprint density at radius 2 is 1.65 bits per heavy atom. The van der Waals surface area contributed by atoms with Gasteiger partial charge in [-0.05, 0) is 55.3 Å². The summed E-state index contributed by atoms with van der Waals surface area (Å²) in [6.07, 6.45) is 3.37. The van der Waals surface area contributed by atoms with Gasteiger partial charge in [-0.1, -0.05) is 27.7 Å². The molecule has 2 nitrogen and oxygen atoms in total. The van der Waals surface area contributed by atoms with E-state index >= 15 is 0 Å². The fraction of sp³-hybridized carbons (Fsp3) is 1.00. The van der Waals surface area contributed by atoms with Crippen LogP contribution in [0.15, 0.2) is 0 Å². The van der Waals surface area contributed by atoms with E-state index in [9.17, 15) is 10.2 Å². The van der Waals surface area contributed by atoms with E-state index in [4.69, 9.17) is 0 Å². The van der Waals surface area contributed by atoms with Crippen LogP contribution in [0.1, 0.15) is 60.3 Å². The third-order valence-corrected chi connectivity index (χ3v) is 5.92. The summed E-state index contributed by atoms with van der Waals surface area (Å²) >= 11 is 0. The van der Waals surface area contributed by atoms with Gasteiger partial charge in [-0.3, -0.25) is 0 Å². The van der Waals surface area contributed by atoms with E-state index in [1.807, 2.05) is 0 Å². The number of aliphatic hydroxyl groups is 2. The molecule has 0 aromatic rings. The molecule has 0 saturated heterocycles. The van der Waals surface area contributed by atoms with Gasteiger partial charge in [0.2, 0.25) is 0 Å².